The van der Waals surface area contributed by atoms with E-state index in [1.165, 1.54) is 0 Å². The number of imidazole rings is 1. The summed E-state index contributed by atoms with van der Waals surface area (Å²) < 4.78 is 2.87. The Labute approximate surface area is 107 Å². The standard InChI is InChI=1S/C12H14BrN3O/c1-15-6-5-8(7-15)16-11-9(13)3-2-4-10(11)14-12(16)17/h2-4,8H,5-7H2,1H3,(H,14,17). The molecule has 5 heteroatoms. The van der Waals surface area contributed by atoms with Crippen molar-refractivity contribution in [1.82, 2.24) is 14.5 Å². The molecule has 1 fully saturated rings. The van der Waals surface area contributed by atoms with Crippen LogP contribution in [0.4, 0.5) is 0 Å². The summed E-state index contributed by atoms with van der Waals surface area (Å²) in [7, 11) is 2.09. The molecule has 1 N–H and O–H groups in total. The Morgan fingerprint density at radius 2 is 2.29 bits per heavy atom. The number of hydrogen-bond acceptors (Lipinski definition) is 2. The number of likely N-dealkylation sites (N-methyl/N-ethyl adjacent to an activating group) is 1. The molecule has 90 valence electrons. The molecule has 0 amide bonds. The Morgan fingerprint density at radius 1 is 1.47 bits per heavy atom. The summed E-state index contributed by atoms with van der Waals surface area (Å²) in [6.45, 7) is 1.99. The maximum atomic E-state index is 12.1. The molecule has 17 heavy (non-hydrogen) atoms. The van der Waals surface area contributed by atoms with Gasteiger partial charge in [-0.15, -0.1) is 0 Å². The number of para-hydroxylation sites is 1. The zero-order chi connectivity index (χ0) is 12.0. The van der Waals surface area contributed by atoms with Crippen LogP contribution in [0.1, 0.15) is 12.5 Å². The van der Waals surface area contributed by atoms with Crippen LogP contribution in [0.25, 0.3) is 11.0 Å². The lowest BCUT2D eigenvalue weighted by Gasteiger charge is -2.13. The van der Waals surface area contributed by atoms with Gasteiger partial charge in [-0.05, 0) is 48.1 Å². The van der Waals surface area contributed by atoms with Crippen LogP contribution in [0.3, 0.4) is 0 Å². The smallest absolute Gasteiger partial charge is 0.305 e. The van der Waals surface area contributed by atoms with Crippen molar-refractivity contribution in [3.63, 3.8) is 0 Å². The van der Waals surface area contributed by atoms with Crippen molar-refractivity contribution in [1.29, 1.82) is 0 Å². The lowest BCUT2D eigenvalue weighted by molar-refractivity contribution is 0.392. The van der Waals surface area contributed by atoms with Gasteiger partial charge < -0.3 is 9.88 Å². The van der Waals surface area contributed by atoms with Crippen molar-refractivity contribution in [2.75, 3.05) is 20.1 Å². The molecule has 0 aliphatic carbocycles. The molecule has 0 saturated carbocycles. The highest BCUT2D eigenvalue weighted by Crippen LogP contribution is 2.27. The molecular weight excluding hydrogens is 282 g/mol. The maximum Gasteiger partial charge on any atom is 0.326 e. The van der Waals surface area contributed by atoms with Crippen LogP contribution in [-0.4, -0.2) is 34.6 Å². The predicted octanol–water partition coefficient (Wildman–Crippen LogP) is 1.97. The Morgan fingerprint density at radius 3 is 3.00 bits per heavy atom. The Balaban J connectivity index is 2.21. The number of aromatic nitrogens is 2. The van der Waals surface area contributed by atoms with E-state index in [1.807, 2.05) is 22.8 Å². The molecule has 1 aliphatic rings. The number of aromatic amines is 1. The second-order valence-electron chi connectivity index (χ2n) is 4.64. The summed E-state index contributed by atoms with van der Waals surface area (Å²) in [6.07, 6.45) is 1.03. The predicted molar refractivity (Wildman–Crippen MR) is 71.4 cm³/mol. The first kappa shape index (κ1) is 11.0. The highest BCUT2D eigenvalue weighted by Gasteiger charge is 2.24. The number of rotatable bonds is 1. The molecule has 1 unspecified atom stereocenters. The Bertz CT molecular complexity index is 616. The van der Waals surface area contributed by atoms with Crippen LogP contribution in [-0.2, 0) is 0 Å². The number of fused-ring (bicyclic) bond motifs is 1. The van der Waals surface area contributed by atoms with Gasteiger partial charge in [-0.25, -0.2) is 4.79 Å². The van der Waals surface area contributed by atoms with E-state index in [2.05, 4.69) is 32.9 Å². The minimum atomic E-state index is -0.00722. The molecule has 2 heterocycles. The second-order valence-corrected chi connectivity index (χ2v) is 5.50. The fourth-order valence-electron chi connectivity index (χ4n) is 2.61. The highest BCUT2D eigenvalue weighted by atomic mass is 79.9. The van der Waals surface area contributed by atoms with Crippen LogP contribution in [0.2, 0.25) is 0 Å². The molecule has 0 radical (unpaired) electrons. The van der Waals surface area contributed by atoms with E-state index in [0.29, 0.717) is 0 Å². The van der Waals surface area contributed by atoms with Crippen molar-refractivity contribution < 1.29 is 0 Å². The van der Waals surface area contributed by atoms with Crippen LogP contribution < -0.4 is 5.69 Å². The fourth-order valence-corrected chi connectivity index (χ4v) is 3.17. The van der Waals surface area contributed by atoms with Gasteiger partial charge in [0.2, 0.25) is 0 Å². The molecule has 0 bridgehead atoms. The molecule has 1 saturated heterocycles. The molecular formula is C12H14BrN3O. The third kappa shape index (κ3) is 1.73. The Hall–Kier alpha value is -1.07. The van der Waals surface area contributed by atoms with Gasteiger partial charge in [0, 0.05) is 11.0 Å². The number of likely N-dealkylation sites (tertiary alicyclic amines) is 1. The summed E-state index contributed by atoms with van der Waals surface area (Å²) >= 11 is 3.53. The van der Waals surface area contributed by atoms with Gasteiger partial charge in [-0.1, -0.05) is 6.07 Å². The lowest BCUT2D eigenvalue weighted by atomic mass is 10.2. The number of hydrogen-bond donors (Lipinski definition) is 1. The minimum Gasteiger partial charge on any atom is -0.305 e. The lowest BCUT2D eigenvalue weighted by Crippen LogP contribution is -2.24. The Kier molecular flexibility index (Phi) is 2.60. The van der Waals surface area contributed by atoms with E-state index in [0.717, 1.165) is 35.0 Å². The number of nitrogens with zero attached hydrogens (tertiary/aromatic N) is 2. The monoisotopic (exact) mass is 295 g/mol. The first-order chi connectivity index (χ1) is 8.16. The summed E-state index contributed by atoms with van der Waals surface area (Å²) in [4.78, 5) is 17.2. The summed E-state index contributed by atoms with van der Waals surface area (Å²) in [6, 6.07) is 6.13. The minimum absolute atomic E-state index is 0.00722. The van der Waals surface area contributed by atoms with Gasteiger partial charge >= 0.3 is 5.69 Å². The highest BCUT2D eigenvalue weighted by molar-refractivity contribution is 9.10. The van der Waals surface area contributed by atoms with Gasteiger partial charge in [-0.3, -0.25) is 4.57 Å². The van der Waals surface area contributed by atoms with E-state index in [1.54, 1.807) is 0 Å². The van der Waals surface area contributed by atoms with E-state index >= 15 is 0 Å². The molecule has 1 aromatic heterocycles. The summed E-state index contributed by atoms with van der Waals surface area (Å²) in [5.41, 5.74) is 1.88. The normalized spacial score (nSPS) is 21.4. The molecule has 0 spiro atoms. The maximum absolute atomic E-state index is 12.1. The van der Waals surface area contributed by atoms with Crippen LogP contribution in [0, 0.1) is 0 Å². The van der Waals surface area contributed by atoms with E-state index in [9.17, 15) is 4.79 Å². The molecule has 4 nitrogen and oxygen atoms in total. The topological polar surface area (TPSA) is 41.0 Å². The molecule has 2 aromatic rings. The van der Waals surface area contributed by atoms with Crippen molar-refractivity contribution in [2.45, 2.75) is 12.5 Å². The number of benzene rings is 1. The van der Waals surface area contributed by atoms with Crippen LogP contribution in [0.15, 0.2) is 27.5 Å². The summed E-state index contributed by atoms with van der Waals surface area (Å²) in [5.74, 6) is 0. The first-order valence-corrected chi connectivity index (χ1v) is 6.53. The van der Waals surface area contributed by atoms with Crippen molar-refractivity contribution in [3.8, 4) is 0 Å². The van der Waals surface area contributed by atoms with E-state index < -0.39 is 0 Å². The zero-order valence-corrected chi connectivity index (χ0v) is 11.2. The quantitative estimate of drug-likeness (QED) is 0.874. The second kappa shape index (κ2) is 3.99. The molecule has 1 aliphatic heterocycles. The fraction of sp³-hybridized carbons (Fsp3) is 0.417. The largest absolute Gasteiger partial charge is 0.326 e. The van der Waals surface area contributed by atoms with E-state index in [-0.39, 0.29) is 11.7 Å². The van der Waals surface area contributed by atoms with Gasteiger partial charge in [0.05, 0.1) is 17.1 Å². The summed E-state index contributed by atoms with van der Waals surface area (Å²) in [5, 5.41) is 0. The van der Waals surface area contributed by atoms with Crippen LogP contribution >= 0.6 is 15.9 Å². The third-order valence-corrected chi connectivity index (χ3v) is 4.06. The van der Waals surface area contributed by atoms with Gasteiger partial charge in [0.25, 0.3) is 0 Å². The van der Waals surface area contributed by atoms with Gasteiger partial charge in [-0.2, -0.15) is 0 Å². The molecule has 1 atom stereocenters. The number of nitrogens with one attached hydrogen (secondary N) is 1. The average molecular weight is 296 g/mol. The van der Waals surface area contributed by atoms with Crippen molar-refractivity contribution in [3.05, 3.63) is 33.2 Å². The SMILES string of the molecule is CN1CCC(n2c(=O)[nH]c3cccc(Br)c32)C1. The number of H-pyrrole nitrogens is 1. The molecule has 1 aromatic carbocycles. The van der Waals surface area contributed by atoms with E-state index in [4.69, 9.17) is 0 Å². The van der Waals surface area contributed by atoms with Crippen LogP contribution in [0.5, 0.6) is 0 Å². The average Bonchev–Trinajstić information content (AvgIpc) is 2.82. The molecule has 3 rings (SSSR count). The first-order valence-electron chi connectivity index (χ1n) is 5.74. The van der Waals surface area contributed by atoms with Crippen molar-refractivity contribution in [2.24, 2.45) is 0 Å². The number of halogens is 1. The zero-order valence-electron chi connectivity index (χ0n) is 9.61. The van der Waals surface area contributed by atoms with Gasteiger partial charge in [0.1, 0.15) is 0 Å². The van der Waals surface area contributed by atoms with Gasteiger partial charge in [0.15, 0.2) is 0 Å². The third-order valence-electron chi connectivity index (χ3n) is 3.42. The van der Waals surface area contributed by atoms with Crippen molar-refractivity contribution >= 4 is 27.0 Å².